The van der Waals surface area contributed by atoms with Crippen molar-refractivity contribution in [1.29, 1.82) is 0 Å². The fourth-order valence-electron chi connectivity index (χ4n) is 1.75. The van der Waals surface area contributed by atoms with Gasteiger partial charge in [-0.2, -0.15) is 0 Å². The Kier molecular flexibility index (Phi) is 6.03. The molecule has 5 heteroatoms. The van der Waals surface area contributed by atoms with Crippen LogP contribution in [0.2, 0.25) is 0 Å². The highest BCUT2D eigenvalue weighted by atomic mass is 31.2. The summed E-state index contributed by atoms with van der Waals surface area (Å²) in [6.45, 7) is 13.6. The molecule has 0 bridgehead atoms. The van der Waals surface area contributed by atoms with Crippen molar-refractivity contribution in [2.45, 2.75) is 52.4 Å². The number of rotatable bonds is 0. The summed E-state index contributed by atoms with van der Waals surface area (Å²) in [6.07, 6.45) is 0. The molecule has 0 heterocycles. The SMILES string of the molecule is CC(C)(C)c1cccc(C(C)(C)C)c1O.CP(=O)(O)O. The van der Waals surface area contributed by atoms with Crippen LogP contribution < -0.4 is 0 Å². The summed E-state index contributed by atoms with van der Waals surface area (Å²) in [6, 6.07) is 6.04. The number of para-hydroxylation sites is 1. The number of phenols is 1. The molecule has 0 fully saturated rings. The first-order valence-electron chi connectivity index (χ1n) is 6.50. The molecule has 0 radical (unpaired) electrons. The van der Waals surface area contributed by atoms with Gasteiger partial charge >= 0.3 is 7.60 Å². The maximum absolute atomic E-state index is 10.3. The Balaban J connectivity index is 0.000000621. The van der Waals surface area contributed by atoms with Crippen molar-refractivity contribution < 1.29 is 19.5 Å². The Bertz CT molecular complexity index is 449. The normalized spacial score (nSPS) is 12.7. The average Bonchev–Trinajstić information content (AvgIpc) is 2.11. The third-order valence-electron chi connectivity index (χ3n) is 2.65. The van der Waals surface area contributed by atoms with Crippen molar-refractivity contribution in [3.63, 3.8) is 0 Å². The molecule has 3 N–H and O–H groups in total. The molecule has 1 rings (SSSR count). The lowest BCUT2D eigenvalue weighted by Gasteiger charge is -2.26. The van der Waals surface area contributed by atoms with Gasteiger partial charge in [0.25, 0.3) is 0 Å². The van der Waals surface area contributed by atoms with Crippen LogP contribution in [0.1, 0.15) is 52.7 Å². The highest BCUT2D eigenvalue weighted by Crippen LogP contribution is 2.38. The van der Waals surface area contributed by atoms with E-state index in [1.165, 1.54) is 0 Å². The minimum atomic E-state index is -3.64. The number of phenolic OH excluding ortho intramolecular Hbond substituents is 1. The Morgan fingerprint density at radius 3 is 1.35 bits per heavy atom. The van der Waals surface area contributed by atoms with Gasteiger partial charge < -0.3 is 14.9 Å². The predicted molar refractivity (Wildman–Crippen MR) is 83.5 cm³/mol. The number of hydrogen-bond acceptors (Lipinski definition) is 2. The number of benzene rings is 1. The van der Waals surface area contributed by atoms with Crippen LogP contribution in [0.5, 0.6) is 5.75 Å². The molecule has 0 saturated carbocycles. The van der Waals surface area contributed by atoms with E-state index in [0.29, 0.717) is 5.75 Å². The molecule has 0 atom stereocenters. The Labute approximate surface area is 122 Å². The highest BCUT2D eigenvalue weighted by Gasteiger charge is 2.24. The lowest BCUT2D eigenvalue weighted by Crippen LogP contribution is -2.16. The van der Waals surface area contributed by atoms with E-state index in [4.69, 9.17) is 9.79 Å². The van der Waals surface area contributed by atoms with Crippen LogP contribution in [0.3, 0.4) is 0 Å². The smallest absolute Gasteiger partial charge is 0.322 e. The Morgan fingerprint density at radius 1 is 0.900 bits per heavy atom. The van der Waals surface area contributed by atoms with E-state index in [1.807, 2.05) is 18.2 Å². The zero-order valence-electron chi connectivity index (χ0n) is 13.4. The Morgan fingerprint density at radius 2 is 1.15 bits per heavy atom. The first kappa shape index (κ1) is 19.2. The molecule has 0 spiro atoms. The van der Waals surface area contributed by atoms with E-state index < -0.39 is 7.60 Å². The molecular weight excluding hydrogens is 275 g/mol. The van der Waals surface area contributed by atoms with Crippen LogP contribution in [-0.2, 0) is 15.4 Å². The molecule has 4 nitrogen and oxygen atoms in total. The molecule has 0 unspecified atom stereocenters. The van der Waals surface area contributed by atoms with Crippen molar-refractivity contribution in [2.24, 2.45) is 0 Å². The highest BCUT2D eigenvalue weighted by molar-refractivity contribution is 7.50. The fourth-order valence-corrected chi connectivity index (χ4v) is 1.75. The first-order chi connectivity index (χ1) is 8.64. The second-order valence-electron chi connectivity index (χ2n) is 7.04. The van der Waals surface area contributed by atoms with Crippen LogP contribution >= 0.6 is 7.60 Å². The molecule has 1 aromatic carbocycles. The van der Waals surface area contributed by atoms with Crippen molar-refractivity contribution >= 4 is 7.60 Å². The number of hydrogen-bond donors (Lipinski definition) is 3. The predicted octanol–water partition coefficient (Wildman–Crippen LogP) is 3.78. The lowest BCUT2D eigenvalue weighted by molar-refractivity contribution is 0.381. The third-order valence-corrected chi connectivity index (χ3v) is 2.65. The van der Waals surface area contributed by atoms with Crippen molar-refractivity contribution in [3.8, 4) is 5.75 Å². The maximum atomic E-state index is 10.3. The lowest BCUT2D eigenvalue weighted by atomic mass is 9.80. The molecule has 0 aliphatic rings. The monoisotopic (exact) mass is 302 g/mol. The summed E-state index contributed by atoms with van der Waals surface area (Å²) < 4.78 is 9.33. The summed E-state index contributed by atoms with van der Waals surface area (Å²) in [7, 11) is -3.64. The van der Waals surface area contributed by atoms with Crippen LogP contribution in [0, 0.1) is 0 Å². The quantitative estimate of drug-likeness (QED) is 0.637. The molecular formula is C15H27O4P. The zero-order chi connectivity index (χ0) is 16.4. The topological polar surface area (TPSA) is 77.8 Å². The Hall–Kier alpha value is -0.830. The minimum absolute atomic E-state index is 0.00859. The second kappa shape index (κ2) is 6.30. The van der Waals surface area contributed by atoms with E-state index in [1.54, 1.807) is 0 Å². The molecule has 0 saturated heterocycles. The molecule has 0 amide bonds. The van der Waals surface area contributed by atoms with Gasteiger partial charge in [-0.25, -0.2) is 0 Å². The summed E-state index contributed by atoms with van der Waals surface area (Å²) in [4.78, 5) is 15.3. The molecule has 0 aliphatic carbocycles. The third kappa shape index (κ3) is 7.09. The first-order valence-corrected chi connectivity index (χ1v) is 8.56. The van der Waals surface area contributed by atoms with Crippen LogP contribution in [0.4, 0.5) is 0 Å². The van der Waals surface area contributed by atoms with Crippen LogP contribution in [0.25, 0.3) is 0 Å². The fraction of sp³-hybridized carbons (Fsp3) is 0.600. The molecule has 116 valence electrons. The van der Waals surface area contributed by atoms with Gasteiger partial charge in [0, 0.05) is 6.66 Å². The standard InChI is InChI=1S/C14H22O.CH5O3P/c1-13(2,3)10-8-7-9-11(12(10)15)14(4,5)6;1-5(2,3)4/h7-9,15H,1-6H3;1H3,(H2,2,3,4). The van der Waals surface area contributed by atoms with Crippen molar-refractivity contribution in [3.05, 3.63) is 29.3 Å². The van der Waals surface area contributed by atoms with Gasteiger partial charge in [-0.1, -0.05) is 59.7 Å². The van der Waals surface area contributed by atoms with Gasteiger partial charge in [0.1, 0.15) is 5.75 Å². The summed E-state index contributed by atoms with van der Waals surface area (Å²) in [5, 5.41) is 10.3. The van der Waals surface area contributed by atoms with E-state index >= 15 is 0 Å². The summed E-state index contributed by atoms with van der Waals surface area (Å²) in [5.74, 6) is 0.456. The number of aromatic hydroxyl groups is 1. The van der Waals surface area contributed by atoms with Gasteiger partial charge in [-0.3, -0.25) is 4.57 Å². The van der Waals surface area contributed by atoms with Gasteiger partial charge in [0.15, 0.2) is 0 Å². The molecule has 0 aromatic heterocycles. The van der Waals surface area contributed by atoms with E-state index in [0.717, 1.165) is 17.8 Å². The summed E-state index contributed by atoms with van der Waals surface area (Å²) >= 11 is 0. The molecule has 1 aromatic rings. The van der Waals surface area contributed by atoms with Gasteiger partial charge in [0.2, 0.25) is 0 Å². The van der Waals surface area contributed by atoms with Gasteiger partial charge in [-0.15, -0.1) is 0 Å². The van der Waals surface area contributed by atoms with Crippen molar-refractivity contribution in [1.82, 2.24) is 0 Å². The second-order valence-corrected chi connectivity index (χ2v) is 8.71. The largest absolute Gasteiger partial charge is 0.507 e. The van der Waals surface area contributed by atoms with E-state index in [9.17, 15) is 9.67 Å². The van der Waals surface area contributed by atoms with Crippen molar-refractivity contribution in [2.75, 3.05) is 6.66 Å². The maximum Gasteiger partial charge on any atom is 0.322 e. The van der Waals surface area contributed by atoms with Gasteiger partial charge in [-0.05, 0) is 22.0 Å². The van der Waals surface area contributed by atoms with E-state index in [-0.39, 0.29) is 10.8 Å². The minimum Gasteiger partial charge on any atom is -0.507 e. The van der Waals surface area contributed by atoms with Crippen LogP contribution in [0.15, 0.2) is 18.2 Å². The zero-order valence-corrected chi connectivity index (χ0v) is 14.3. The molecule has 20 heavy (non-hydrogen) atoms. The van der Waals surface area contributed by atoms with Gasteiger partial charge in [0.05, 0.1) is 0 Å². The molecule has 0 aliphatic heterocycles. The summed E-state index contributed by atoms with van der Waals surface area (Å²) in [5.41, 5.74) is 2.03. The average molecular weight is 302 g/mol. The van der Waals surface area contributed by atoms with E-state index in [2.05, 4.69) is 41.5 Å². The van der Waals surface area contributed by atoms with Crippen LogP contribution in [-0.4, -0.2) is 21.6 Å².